The zero-order chi connectivity index (χ0) is 25.1. The number of alkyl halides is 3. The van der Waals surface area contributed by atoms with Crippen LogP contribution in [0.15, 0.2) is 59.8 Å². The first-order valence-corrected chi connectivity index (χ1v) is 10.3. The quantitative estimate of drug-likeness (QED) is 0.652. The lowest BCUT2D eigenvalue weighted by Gasteiger charge is -2.35. The van der Waals surface area contributed by atoms with Crippen molar-refractivity contribution in [3.63, 3.8) is 0 Å². The first kappa shape index (κ1) is 23.6. The second-order valence-corrected chi connectivity index (χ2v) is 9.06. The Hall–Kier alpha value is -3.56. The molecule has 1 N–H and O–H groups in total. The summed E-state index contributed by atoms with van der Waals surface area (Å²) in [5.74, 6) is -5.89. The van der Waals surface area contributed by atoms with E-state index >= 15 is 0 Å². The molecule has 4 rings (SSSR count). The van der Waals surface area contributed by atoms with Crippen molar-refractivity contribution in [2.75, 3.05) is 4.90 Å². The standard InChI is InChI=1S/C24H19F5N2O3/c1-22(2)11-17-19(18(32)12-22)23(24(27,28)29,30-20(33)15-5-3-4-6-16(15)26)21(34)31(17)14-9-7-13(25)8-10-14/h3-10H,11-12H2,1-2H3,(H,30,33)/t23-/m0/s1. The van der Waals surface area contributed by atoms with Crippen molar-refractivity contribution in [2.24, 2.45) is 5.41 Å². The van der Waals surface area contributed by atoms with Crippen molar-refractivity contribution in [1.29, 1.82) is 0 Å². The van der Waals surface area contributed by atoms with Gasteiger partial charge < -0.3 is 5.32 Å². The van der Waals surface area contributed by atoms with Gasteiger partial charge in [-0.2, -0.15) is 13.2 Å². The van der Waals surface area contributed by atoms with E-state index in [1.54, 1.807) is 19.2 Å². The minimum absolute atomic E-state index is 0.0927. The highest BCUT2D eigenvalue weighted by atomic mass is 19.4. The zero-order valence-corrected chi connectivity index (χ0v) is 18.1. The Morgan fingerprint density at radius 2 is 1.59 bits per heavy atom. The topological polar surface area (TPSA) is 66.5 Å². The van der Waals surface area contributed by atoms with Gasteiger partial charge >= 0.3 is 6.18 Å². The molecule has 1 atom stereocenters. The van der Waals surface area contributed by atoms with Gasteiger partial charge in [-0.3, -0.25) is 19.3 Å². The first-order valence-electron chi connectivity index (χ1n) is 10.3. The second-order valence-electron chi connectivity index (χ2n) is 9.06. The fraction of sp³-hybridized carbons (Fsp3) is 0.292. The highest BCUT2D eigenvalue weighted by molar-refractivity contribution is 6.21. The van der Waals surface area contributed by atoms with Crippen molar-refractivity contribution in [1.82, 2.24) is 5.32 Å². The Balaban J connectivity index is 1.95. The molecular formula is C24H19F5N2O3. The molecule has 0 saturated carbocycles. The van der Waals surface area contributed by atoms with Crippen molar-refractivity contribution in [3.05, 3.63) is 77.0 Å². The summed E-state index contributed by atoms with van der Waals surface area (Å²) in [5, 5.41) is 1.66. The summed E-state index contributed by atoms with van der Waals surface area (Å²) >= 11 is 0. The monoisotopic (exact) mass is 478 g/mol. The molecule has 1 aliphatic heterocycles. The summed E-state index contributed by atoms with van der Waals surface area (Å²) in [4.78, 5) is 40.1. The average Bonchev–Trinajstić information content (AvgIpc) is 2.96. The van der Waals surface area contributed by atoms with Gasteiger partial charge in [-0.25, -0.2) is 8.78 Å². The number of Topliss-reactive ketones (excluding diaryl/α,β-unsaturated/α-hetero) is 1. The van der Waals surface area contributed by atoms with Crippen LogP contribution < -0.4 is 10.2 Å². The number of ketones is 1. The van der Waals surface area contributed by atoms with Crippen LogP contribution in [-0.4, -0.2) is 29.3 Å². The van der Waals surface area contributed by atoms with Crippen molar-refractivity contribution >= 4 is 23.3 Å². The molecule has 5 nitrogen and oxygen atoms in total. The highest BCUT2D eigenvalue weighted by Gasteiger charge is 2.72. The van der Waals surface area contributed by atoms with E-state index < -0.39 is 57.5 Å². The van der Waals surface area contributed by atoms with Gasteiger partial charge in [0.2, 0.25) is 5.54 Å². The molecule has 0 spiro atoms. The number of allylic oxidation sites excluding steroid dienone is 1. The Labute approximate surface area is 191 Å². The summed E-state index contributed by atoms with van der Waals surface area (Å²) < 4.78 is 71.8. The molecule has 1 heterocycles. The van der Waals surface area contributed by atoms with Gasteiger partial charge in [0.1, 0.15) is 11.6 Å². The predicted octanol–water partition coefficient (Wildman–Crippen LogP) is 4.69. The van der Waals surface area contributed by atoms with Crippen molar-refractivity contribution < 1.29 is 36.3 Å². The van der Waals surface area contributed by atoms with Gasteiger partial charge in [-0.05, 0) is 48.2 Å². The molecule has 0 bridgehead atoms. The van der Waals surface area contributed by atoms with Gasteiger partial charge in [0.15, 0.2) is 5.78 Å². The molecule has 0 radical (unpaired) electrons. The van der Waals surface area contributed by atoms with Gasteiger partial charge in [-0.15, -0.1) is 0 Å². The molecule has 2 aromatic carbocycles. The normalized spacial score (nSPS) is 22.1. The molecule has 2 amide bonds. The van der Waals surface area contributed by atoms with Crippen LogP contribution in [0, 0.1) is 17.0 Å². The van der Waals surface area contributed by atoms with Gasteiger partial charge in [-0.1, -0.05) is 26.0 Å². The molecule has 2 aliphatic rings. The maximum atomic E-state index is 14.7. The van der Waals surface area contributed by atoms with E-state index in [4.69, 9.17) is 0 Å². The number of halogens is 5. The van der Waals surface area contributed by atoms with Crippen molar-refractivity contribution in [3.8, 4) is 0 Å². The lowest BCUT2D eigenvalue weighted by Crippen LogP contribution is -2.66. The van der Waals surface area contributed by atoms with Crippen LogP contribution >= 0.6 is 0 Å². The number of nitrogens with zero attached hydrogens (tertiary/aromatic N) is 1. The number of amides is 2. The fourth-order valence-corrected chi connectivity index (χ4v) is 4.50. The number of anilines is 1. The molecule has 34 heavy (non-hydrogen) atoms. The Morgan fingerprint density at radius 3 is 2.18 bits per heavy atom. The molecule has 0 aromatic heterocycles. The summed E-state index contributed by atoms with van der Waals surface area (Å²) in [5.41, 5.74) is -6.47. The largest absolute Gasteiger partial charge is 0.425 e. The van der Waals surface area contributed by atoms with Gasteiger partial charge in [0, 0.05) is 17.8 Å². The van der Waals surface area contributed by atoms with Crippen LogP contribution in [0.4, 0.5) is 27.6 Å². The summed E-state index contributed by atoms with van der Waals surface area (Å²) in [6.45, 7) is 3.32. The van der Waals surface area contributed by atoms with Crippen LogP contribution in [0.1, 0.15) is 37.0 Å². The summed E-state index contributed by atoms with van der Waals surface area (Å²) in [7, 11) is 0. The average molecular weight is 478 g/mol. The van der Waals surface area contributed by atoms with E-state index in [1.807, 2.05) is 0 Å². The number of rotatable bonds is 3. The number of hydrogen-bond acceptors (Lipinski definition) is 3. The highest BCUT2D eigenvalue weighted by Crippen LogP contribution is 2.52. The Morgan fingerprint density at radius 1 is 0.971 bits per heavy atom. The van der Waals surface area contributed by atoms with E-state index in [9.17, 15) is 36.3 Å². The maximum Gasteiger partial charge on any atom is 0.425 e. The van der Waals surface area contributed by atoms with Gasteiger partial charge in [0.25, 0.3) is 11.8 Å². The van der Waals surface area contributed by atoms with Crippen LogP contribution in [0.25, 0.3) is 0 Å². The second kappa shape index (κ2) is 7.75. The number of benzene rings is 2. The van der Waals surface area contributed by atoms with Crippen LogP contribution in [0.2, 0.25) is 0 Å². The molecule has 0 fully saturated rings. The number of nitrogens with one attached hydrogen (secondary N) is 1. The van der Waals surface area contributed by atoms with E-state index in [0.29, 0.717) is 4.90 Å². The minimum Gasteiger partial charge on any atom is -0.326 e. The Kier molecular flexibility index (Phi) is 5.38. The smallest absolute Gasteiger partial charge is 0.326 e. The number of carbonyl (C=O) groups is 3. The molecular weight excluding hydrogens is 459 g/mol. The lowest BCUT2D eigenvalue weighted by atomic mass is 9.72. The van der Waals surface area contributed by atoms with Gasteiger partial charge in [0.05, 0.1) is 11.1 Å². The maximum absolute atomic E-state index is 14.7. The number of hydrogen-bond donors (Lipinski definition) is 1. The van der Waals surface area contributed by atoms with Crippen LogP contribution in [0.3, 0.4) is 0 Å². The third-order valence-corrected chi connectivity index (χ3v) is 5.95. The lowest BCUT2D eigenvalue weighted by molar-refractivity contribution is -0.186. The van der Waals surface area contributed by atoms with E-state index in [1.165, 1.54) is 12.1 Å². The van der Waals surface area contributed by atoms with Crippen LogP contribution in [0.5, 0.6) is 0 Å². The molecule has 10 heteroatoms. The van der Waals surface area contributed by atoms with Crippen molar-refractivity contribution in [2.45, 2.75) is 38.4 Å². The number of carbonyl (C=O) groups excluding carboxylic acids is 3. The third-order valence-electron chi connectivity index (χ3n) is 5.95. The fourth-order valence-electron chi connectivity index (χ4n) is 4.50. The third kappa shape index (κ3) is 3.57. The Bertz CT molecular complexity index is 1230. The molecule has 1 aliphatic carbocycles. The molecule has 178 valence electrons. The minimum atomic E-state index is -5.45. The first-order chi connectivity index (χ1) is 15.8. The molecule has 0 unspecified atom stereocenters. The van der Waals surface area contributed by atoms with E-state index in [-0.39, 0.29) is 24.2 Å². The van der Waals surface area contributed by atoms with E-state index in [2.05, 4.69) is 0 Å². The SMILES string of the molecule is CC1(C)CC(=O)C2=C(C1)N(c1ccc(F)cc1)C(=O)[C@]2(NC(=O)c1ccccc1F)C(F)(F)F. The zero-order valence-electron chi connectivity index (χ0n) is 18.1. The molecule has 2 aromatic rings. The molecule has 0 saturated heterocycles. The summed E-state index contributed by atoms with van der Waals surface area (Å²) in [6.07, 6.45) is -5.84. The van der Waals surface area contributed by atoms with E-state index in [0.717, 1.165) is 36.4 Å². The van der Waals surface area contributed by atoms with Crippen LogP contribution in [-0.2, 0) is 9.59 Å². The predicted molar refractivity (Wildman–Crippen MR) is 112 cm³/mol. The summed E-state index contributed by atoms with van der Waals surface area (Å²) in [6, 6.07) is 8.48.